The molecule has 7 heteroatoms. The van der Waals surface area contributed by atoms with Crippen molar-refractivity contribution in [1.82, 2.24) is 4.31 Å². The van der Waals surface area contributed by atoms with E-state index in [0.29, 0.717) is 13.0 Å². The van der Waals surface area contributed by atoms with Crippen molar-refractivity contribution < 1.29 is 13.2 Å². The van der Waals surface area contributed by atoms with Gasteiger partial charge in [-0.25, -0.2) is 8.42 Å². The Hall–Kier alpha value is -1.70. The van der Waals surface area contributed by atoms with Crippen LogP contribution in [0.25, 0.3) is 0 Å². The summed E-state index contributed by atoms with van der Waals surface area (Å²) in [6.07, 6.45) is 2.10. The lowest BCUT2D eigenvalue weighted by Gasteiger charge is -2.33. The van der Waals surface area contributed by atoms with Crippen LogP contribution in [0.15, 0.2) is 51.8 Å². The Bertz CT molecular complexity index is 942. The number of rotatable bonds is 4. The lowest BCUT2D eigenvalue weighted by atomic mass is 10.0. The molecular weight excluding hydrogens is 428 g/mol. The number of piperidine rings is 1. The highest BCUT2D eigenvalue weighted by Gasteiger charge is 2.37. The smallest absolute Gasteiger partial charge is 0.243 e. The first kappa shape index (κ1) is 20.0. The van der Waals surface area contributed by atoms with Gasteiger partial charge in [0.25, 0.3) is 0 Å². The van der Waals surface area contributed by atoms with E-state index in [1.54, 1.807) is 24.3 Å². The van der Waals surface area contributed by atoms with Gasteiger partial charge in [-0.1, -0.05) is 40.0 Å². The fourth-order valence-electron chi connectivity index (χ4n) is 3.37. The summed E-state index contributed by atoms with van der Waals surface area (Å²) in [6, 6.07) is 11.6. The first-order chi connectivity index (χ1) is 12.8. The van der Waals surface area contributed by atoms with Crippen LogP contribution in [-0.4, -0.2) is 31.2 Å². The summed E-state index contributed by atoms with van der Waals surface area (Å²) in [6.45, 7) is 4.27. The van der Waals surface area contributed by atoms with Crippen LogP contribution >= 0.6 is 15.9 Å². The standard InChI is InChI=1S/C20H23BrN2O3S/c1-14-6-11-18(15(2)13-14)22-20(24)19-5-3-4-12-23(19)27(25,26)17-9-7-16(21)8-10-17/h6-11,13,19H,3-5,12H2,1-2H3,(H,22,24). The molecule has 0 bridgehead atoms. The summed E-state index contributed by atoms with van der Waals surface area (Å²) in [5.74, 6) is -0.276. The van der Waals surface area contributed by atoms with Crippen molar-refractivity contribution in [3.63, 3.8) is 0 Å². The van der Waals surface area contributed by atoms with E-state index in [4.69, 9.17) is 0 Å². The molecule has 1 saturated heterocycles. The maximum absolute atomic E-state index is 13.1. The van der Waals surface area contributed by atoms with E-state index in [2.05, 4.69) is 21.2 Å². The number of nitrogens with one attached hydrogen (secondary N) is 1. The van der Waals surface area contributed by atoms with Gasteiger partial charge in [-0.05, 0) is 62.6 Å². The zero-order valence-electron chi connectivity index (χ0n) is 15.4. The number of halogens is 1. The SMILES string of the molecule is Cc1ccc(NC(=O)C2CCCCN2S(=O)(=O)c2ccc(Br)cc2)c(C)c1. The molecule has 3 rings (SSSR count). The topological polar surface area (TPSA) is 66.5 Å². The summed E-state index contributed by atoms with van der Waals surface area (Å²) in [4.78, 5) is 13.1. The minimum absolute atomic E-state index is 0.205. The molecule has 2 aromatic carbocycles. The van der Waals surface area contributed by atoms with Crippen molar-refractivity contribution in [2.75, 3.05) is 11.9 Å². The maximum atomic E-state index is 13.1. The van der Waals surface area contributed by atoms with Crippen molar-refractivity contribution in [1.29, 1.82) is 0 Å². The number of hydrogen-bond donors (Lipinski definition) is 1. The quantitative estimate of drug-likeness (QED) is 0.756. The van der Waals surface area contributed by atoms with Gasteiger partial charge in [-0.3, -0.25) is 4.79 Å². The minimum atomic E-state index is -3.73. The summed E-state index contributed by atoms with van der Waals surface area (Å²) >= 11 is 3.32. The van der Waals surface area contributed by atoms with Gasteiger partial charge in [0.1, 0.15) is 6.04 Å². The van der Waals surface area contributed by atoms with E-state index in [0.717, 1.165) is 34.1 Å². The number of carbonyl (C=O) groups is 1. The maximum Gasteiger partial charge on any atom is 0.243 e. The van der Waals surface area contributed by atoms with E-state index < -0.39 is 16.1 Å². The largest absolute Gasteiger partial charge is 0.324 e. The molecule has 5 nitrogen and oxygen atoms in total. The van der Waals surface area contributed by atoms with E-state index in [1.807, 2.05) is 32.0 Å². The summed E-state index contributed by atoms with van der Waals surface area (Å²) in [5.41, 5.74) is 2.79. The second-order valence-electron chi connectivity index (χ2n) is 6.89. The highest BCUT2D eigenvalue weighted by molar-refractivity contribution is 9.10. The normalized spacial score (nSPS) is 18.3. The number of sulfonamides is 1. The van der Waals surface area contributed by atoms with E-state index >= 15 is 0 Å². The highest BCUT2D eigenvalue weighted by atomic mass is 79.9. The number of benzene rings is 2. The zero-order valence-corrected chi connectivity index (χ0v) is 17.8. The third-order valence-corrected chi connectivity index (χ3v) is 7.27. The van der Waals surface area contributed by atoms with Gasteiger partial charge in [0.15, 0.2) is 0 Å². The van der Waals surface area contributed by atoms with Crippen LogP contribution in [0, 0.1) is 13.8 Å². The number of hydrogen-bond acceptors (Lipinski definition) is 3. The summed E-state index contributed by atoms with van der Waals surface area (Å²) in [5, 5.41) is 2.92. The first-order valence-corrected chi connectivity index (χ1v) is 11.2. The van der Waals surface area contributed by atoms with Crippen molar-refractivity contribution >= 4 is 37.5 Å². The molecule has 1 amide bonds. The molecule has 144 valence electrons. The number of carbonyl (C=O) groups excluding carboxylic acids is 1. The molecule has 1 N–H and O–H groups in total. The molecule has 1 unspecified atom stereocenters. The first-order valence-electron chi connectivity index (χ1n) is 8.94. The van der Waals surface area contributed by atoms with Gasteiger partial charge in [0, 0.05) is 16.7 Å². The van der Waals surface area contributed by atoms with Gasteiger partial charge in [-0.2, -0.15) is 4.31 Å². The van der Waals surface area contributed by atoms with Crippen LogP contribution in [0.4, 0.5) is 5.69 Å². The summed E-state index contributed by atoms with van der Waals surface area (Å²) in [7, 11) is -3.73. The Morgan fingerprint density at radius 3 is 2.48 bits per heavy atom. The number of anilines is 1. The van der Waals surface area contributed by atoms with Crippen molar-refractivity contribution in [2.24, 2.45) is 0 Å². The van der Waals surface area contributed by atoms with Gasteiger partial charge in [-0.15, -0.1) is 0 Å². The predicted molar refractivity (Wildman–Crippen MR) is 110 cm³/mol. The van der Waals surface area contributed by atoms with Crippen LogP contribution in [0.2, 0.25) is 0 Å². The average Bonchev–Trinajstić information content (AvgIpc) is 2.64. The van der Waals surface area contributed by atoms with Gasteiger partial charge >= 0.3 is 0 Å². The Balaban J connectivity index is 1.86. The molecule has 1 aliphatic rings. The second kappa shape index (κ2) is 8.12. The van der Waals surface area contributed by atoms with Crippen LogP contribution in [-0.2, 0) is 14.8 Å². The van der Waals surface area contributed by atoms with Crippen LogP contribution in [0.3, 0.4) is 0 Å². The lowest BCUT2D eigenvalue weighted by Crippen LogP contribution is -2.49. The van der Waals surface area contributed by atoms with Crippen molar-refractivity contribution in [3.8, 4) is 0 Å². The van der Waals surface area contributed by atoms with Crippen LogP contribution < -0.4 is 5.32 Å². The fraction of sp³-hybridized carbons (Fsp3) is 0.350. The number of nitrogens with zero attached hydrogens (tertiary/aromatic N) is 1. The Kier molecular flexibility index (Phi) is 6.03. The second-order valence-corrected chi connectivity index (χ2v) is 9.70. The van der Waals surface area contributed by atoms with E-state index in [9.17, 15) is 13.2 Å². The Labute approximate surface area is 169 Å². The highest BCUT2D eigenvalue weighted by Crippen LogP contribution is 2.27. The third kappa shape index (κ3) is 4.42. The van der Waals surface area contributed by atoms with Crippen molar-refractivity contribution in [3.05, 3.63) is 58.1 Å². The van der Waals surface area contributed by atoms with Crippen LogP contribution in [0.1, 0.15) is 30.4 Å². The Morgan fingerprint density at radius 2 is 1.81 bits per heavy atom. The fourth-order valence-corrected chi connectivity index (χ4v) is 5.29. The minimum Gasteiger partial charge on any atom is -0.324 e. The molecule has 0 aliphatic carbocycles. The number of aryl methyl sites for hydroxylation is 2. The molecule has 1 fully saturated rings. The molecule has 1 aliphatic heterocycles. The predicted octanol–water partition coefficient (Wildman–Crippen LogP) is 4.25. The molecule has 0 radical (unpaired) electrons. The molecule has 0 aromatic heterocycles. The van der Waals surface area contributed by atoms with Crippen molar-refractivity contribution in [2.45, 2.75) is 44.0 Å². The third-order valence-electron chi connectivity index (χ3n) is 4.82. The average molecular weight is 451 g/mol. The monoisotopic (exact) mass is 450 g/mol. The summed E-state index contributed by atoms with van der Waals surface area (Å²) < 4.78 is 28.4. The van der Waals surface area contributed by atoms with Crippen LogP contribution in [0.5, 0.6) is 0 Å². The molecule has 0 spiro atoms. The van der Waals surface area contributed by atoms with Gasteiger partial charge < -0.3 is 5.32 Å². The van der Waals surface area contributed by atoms with Gasteiger partial charge in [0.05, 0.1) is 4.90 Å². The molecule has 2 aromatic rings. The Morgan fingerprint density at radius 1 is 1.11 bits per heavy atom. The molecule has 27 heavy (non-hydrogen) atoms. The zero-order chi connectivity index (χ0) is 19.6. The molecule has 1 atom stereocenters. The lowest BCUT2D eigenvalue weighted by molar-refractivity contribution is -0.120. The molecule has 1 heterocycles. The van der Waals surface area contributed by atoms with E-state index in [1.165, 1.54) is 4.31 Å². The van der Waals surface area contributed by atoms with E-state index in [-0.39, 0.29) is 10.8 Å². The molecule has 0 saturated carbocycles. The molecular formula is C20H23BrN2O3S. The number of amides is 1. The van der Waals surface area contributed by atoms with Gasteiger partial charge in [0.2, 0.25) is 15.9 Å².